The summed E-state index contributed by atoms with van der Waals surface area (Å²) in [6.45, 7) is 0. The lowest BCUT2D eigenvalue weighted by molar-refractivity contribution is -0.138. The minimum atomic E-state index is -4.32. The van der Waals surface area contributed by atoms with E-state index in [1.54, 1.807) is 6.07 Å². The van der Waals surface area contributed by atoms with Crippen LogP contribution >= 0.6 is 0 Å². The van der Waals surface area contributed by atoms with Crippen LogP contribution < -0.4 is 0 Å². The molecule has 0 amide bonds. The van der Waals surface area contributed by atoms with Crippen LogP contribution in [0.2, 0.25) is 0 Å². The molecule has 1 rings (SSSR count). The molecule has 0 fully saturated rings. The normalized spacial score (nSPS) is 11.5. The van der Waals surface area contributed by atoms with Gasteiger partial charge in [-0.3, -0.25) is 4.79 Å². The molecule has 0 unspecified atom stereocenters. The summed E-state index contributed by atoms with van der Waals surface area (Å²) in [6, 6.07) is 5.13. The highest BCUT2D eigenvalue weighted by atomic mass is 19.4. The zero-order valence-corrected chi connectivity index (χ0v) is 9.13. The summed E-state index contributed by atoms with van der Waals surface area (Å²) in [5.41, 5.74) is -0.0709. The lowest BCUT2D eigenvalue weighted by Crippen LogP contribution is -2.05. The predicted molar refractivity (Wildman–Crippen MR) is 56.6 cm³/mol. The molecule has 0 spiro atoms. The van der Waals surface area contributed by atoms with Gasteiger partial charge in [0.1, 0.15) is 0 Å². The Bertz CT molecular complexity index is 386. The average Bonchev–Trinajstić information content (AvgIpc) is 2.23. The third-order valence-electron chi connectivity index (χ3n) is 2.36. The van der Waals surface area contributed by atoms with Gasteiger partial charge in [0, 0.05) is 6.42 Å². The average molecular weight is 246 g/mol. The highest BCUT2D eigenvalue weighted by Crippen LogP contribution is 2.29. The van der Waals surface area contributed by atoms with Gasteiger partial charge in [-0.05, 0) is 30.9 Å². The van der Waals surface area contributed by atoms with E-state index in [4.69, 9.17) is 5.11 Å². The van der Waals surface area contributed by atoms with Crippen LogP contribution in [-0.4, -0.2) is 11.1 Å². The van der Waals surface area contributed by atoms with Crippen molar-refractivity contribution in [3.8, 4) is 0 Å². The van der Waals surface area contributed by atoms with E-state index in [0.717, 1.165) is 12.1 Å². The van der Waals surface area contributed by atoms with Crippen molar-refractivity contribution < 1.29 is 23.1 Å². The van der Waals surface area contributed by atoms with Crippen LogP contribution in [0.5, 0.6) is 0 Å². The number of alkyl halides is 3. The number of rotatable bonds is 5. The van der Waals surface area contributed by atoms with E-state index in [1.165, 1.54) is 6.07 Å². The molecule has 0 radical (unpaired) electrons. The van der Waals surface area contributed by atoms with Crippen LogP contribution in [0.15, 0.2) is 24.3 Å². The Labute approximate surface area is 97.1 Å². The Balaban J connectivity index is 2.52. The van der Waals surface area contributed by atoms with E-state index < -0.39 is 17.7 Å². The maximum absolute atomic E-state index is 12.4. The van der Waals surface area contributed by atoms with E-state index in [2.05, 4.69) is 0 Å². The number of carbonyl (C=O) groups is 1. The fourth-order valence-electron chi connectivity index (χ4n) is 1.51. The van der Waals surface area contributed by atoms with E-state index in [1.807, 2.05) is 0 Å². The molecule has 0 saturated heterocycles. The Morgan fingerprint density at radius 2 is 1.94 bits per heavy atom. The molecule has 2 nitrogen and oxygen atoms in total. The number of aryl methyl sites for hydroxylation is 1. The van der Waals surface area contributed by atoms with Gasteiger partial charge in [-0.25, -0.2) is 0 Å². The van der Waals surface area contributed by atoms with Gasteiger partial charge in [-0.15, -0.1) is 0 Å². The number of aliphatic carboxylic acids is 1. The minimum Gasteiger partial charge on any atom is -0.481 e. The lowest BCUT2D eigenvalue weighted by Gasteiger charge is -2.08. The molecule has 0 heterocycles. The smallest absolute Gasteiger partial charge is 0.416 e. The zero-order chi connectivity index (χ0) is 12.9. The monoisotopic (exact) mass is 246 g/mol. The first-order valence-electron chi connectivity index (χ1n) is 5.27. The Hall–Kier alpha value is -1.52. The van der Waals surface area contributed by atoms with E-state index in [9.17, 15) is 18.0 Å². The third kappa shape index (κ3) is 4.89. The lowest BCUT2D eigenvalue weighted by atomic mass is 10.0. The number of halogens is 3. The molecule has 0 saturated carbocycles. The molecule has 0 aliphatic rings. The van der Waals surface area contributed by atoms with Gasteiger partial charge in [0.25, 0.3) is 0 Å². The summed E-state index contributed by atoms with van der Waals surface area (Å²) in [4.78, 5) is 10.2. The number of unbranched alkanes of at least 4 members (excludes halogenated alkanes) is 1. The molecule has 0 bridgehead atoms. The summed E-state index contributed by atoms with van der Waals surface area (Å²) in [5, 5.41) is 8.41. The molecular formula is C12H13F3O2. The molecule has 1 N–H and O–H groups in total. The molecule has 1 aromatic carbocycles. The van der Waals surface area contributed by atoms with Gasteiger partial charge in [-0.2, -0.15) is 13.2 Å². The van der Waals surface area contributed by atoms with Crippen LogP contribution in [0.25, 0.3) is 0 Å². The van der Waals surface area contributed by atoms with E-state index in [0.29, 0.717) is 24.8 Å². The zero-order valence-electron chi connectivity index (χ0n) is 9.13. The van der Waals surface area contributed by atoms with Crippen LogP contribution in [-0.2, 0) is 17.4 Å². The van der Waals surface area contributed by atoms with Gasteiger partial charge >= 0.3 is 12.1 Å². The van der Waals surface area contributed by atoms with E-state index in [-0.39, 0.29) is 6.42 Å². The molecule has 5 heteroatoms. The minimum absolute atomic E-state index is 0.0545. The van der Waals surface area contributed by atoms with Crippen LogP contribution in [0.4, 0.5) is 13.2 Å². The summed E-state index contributed by atoms with van der Waals surface area (Å²) in [7, 11) is 0. The molecule has 17 heavy (non-hydrogen) atoms. The molecular weight excluding hydrogens is 233 g/mol. The fraction of sp³-hybridized carbons (Fsp3) is 0.417. The van der Waals surface area contributed by atoms with Crippen molar-refractivity contribution in [2.75, 3.05) is 0 Å². The number of hydrogen-bond donors (Lipinski definition) is 1. The molecule has 1 aromatic rings. The predicted octanol–water partition coefficient (Wildman–Crippen LogP) is 3.50. The number of carboxylic acids is 1. The maximum atomic E-state index is 12.4. The van der Waals surface area contributed by atoms with Crippen LogP contribution in [0.1, 0.15) is 30.4 Å². The van der Waals surface area contributed by atoms with Crippen molar-refractivity contribution in [3.63, 3.8) is 0 Å². The number of carboxylic acid groups (broad SMARTS) is 1. The largest absolute Gasteiger partial charge is 0.481 e. The Morgan fingerprint density at radius 1 is 1.24 bits per heavy atom. The first-order chi connectivity index (χ1) is 7.89. The highest BCUT2D eigenvalue weighted by Gasteiger charge is 2.30. The SMILES string of the molecule is O=C(O)CCCCc1cccc(C(F)(F)F)c1. The number of hydrogen-bond acceptors (Lipinski definition) is 1. The summed E-state index contributed by atoms with van der Waals surface area (Å²) >= 11 is 0. The highest BCUT2D eigenvalue weighted by molar-refractivity contribution is 5.66. The molecule has 0 atom stereocenters. The Morgan fingerprint density at radius 3 is 2.53 bits per heavy atom. The standard InChI is InChI=1S/C12H13F3O2/c13-12(14,15)10-6-3-5-9(8-10)4-1-2-7-11(16)17/h3,5-6,8H,1-2,4,7H2,(H,16,17). The molecule has 0 aromatic heterocycles. The quantitative estimate of drug-likeness (QED) is 0.807. The summed E-state index contributed by atoms with van der Waals surface area (Å²) in [5.74, 6) is -0.881. The summed E-state index contributed by atoms with van der Waals surface area (Å²) in [6.07, 6.45) is -2.74. The van der Waals surface area contributed by atoms with Gasteiger partial charge in [0.15, 0.2) is 0 Å². The van der Waals surface area contributed by atoms with Crippen molar-refractivity contribution in [2.24, 2.45) is 0 Å². The maximum Gasteiger partial charge on any atom is 0.416 e. The summed E-state index contributed by atoms with van der Waals surface area (Å²) < 4.78 is 37.2. The second-order valence-corrected chi connectivity index (χ2v) is 3.80. The van der Waals surface area contributed by atoms with Crippen LogP contribution in [0.3, 0.4) is 0 Å². The van der Waals surface area contributed by atoms with Gasteiger partial charge in [-0.1, -0.05) is 18.2 Å². The van der Waals surface area contributed by atoms with Crippen molar-refractivity contribution in [1.82, 2.24) is 0 Å². The van der Waals surface area contributed by atoms with Crippen molar-refractivity contribution >= 4 is 5.97 Å². The molecule has 0 aliphatic heterocycles. The van der Waals surface area contributed by atoms with Crippen LogP contribution in [0, 0.1) is 0 Å². The second-order valence-electron chi connectivity index (χ2n) is 3.80. The first-order valence-corrected chi connectivity index (χ1v) is 5.27. The van der Waals surface area contributed by atoms with Crippen molar-refractivity contribution in [3.05, 3.63) is 35.4 Å². The van der Waals surface area contributed by atoms with E-state index >= 15 is 0 Å². The number of benzene rings is 1. The topological polar surface area (TPSA) is 37.3 Å². The molecule has 0 aliphatic carbocycles. The van der Waals surface area contributed by atoms with Gasteiger partial charge in [0.05, 0.1) is 5.56 Å². The van der Waals surface area contributed by atoms with Gasteiger partial charge in [0.2, 0.25) is 0 Å². The van der Waals surface area contributed by atoms with Gasteiger partial charge < -0.3 is 5.11 Å². The molecule has 94 valence electrons. The second kappa shape index (κ2) is 5.70. The third-order valence-corrected chi connectivity index (χ3v) is 2.36. The Kier molecular flexibility index (Phi) is 4.54. The fourth-order valence-corrected chi connectivity index (χ4v) is 1.51. The van der Waals surface area contributed by atoms with Crippen molar-refractivity contribution in [2.45, 2.75) is 31.9 Å². The van der Waals surface area contributed by atoms with Crippen molar-refractivity contribution in [1.29, 1.82) is 0 Å². The first kappa shape index (κ1) is 13.5.